The lowest BCUT2D eigenvalue weighted by molar-refractivity contribution is 0.0935. The highest BCUT2D eigenvalue weighted by molar-refractivity contribution is 9.10. The first kappa shape index (κ1) is 14.2. The molecule has 94 valence electrons. The first-order valence-corrected chi connectivity index (χ1v) is 6.45. The van der Waals surface area contributed by atoms with Gasteiger partial charge in [-0.15, -0.1) is 0 Å². The van der Waals surface area contributed by atoms with Crippen molar-refractivity contribution in [2.45, 2.75) is 33.2 Å². The normalized spacial score (nSPS) is 12.6. The lowest BCUT2D eigenvalue weighted by atomic mass is 10.0. The molecule has 0 aliphatic heterocycles. The topological polar surface area (TPSA) is 29.1 Å². The molecular weight excluding hydrogens is 285 g/mol. The number of carbonyl (C=O) groups is 1. The Hall–Kier alpha value is -0.900. The maximum atomic E-state index is 12.9. The molecule has 0 radical (unpaired) electrons. The second kappa shape index (κ2) is 6.15. The van der Waals surface area contributed by atoms with Crippen LogP contribution in [0.25, 0.3) is 0 Å². The minimum Gasteiger partial charge on any atom is -0.350 e. The summed E-state index contributed by atoms with van der Waals surface area (Å²) in [5.41, 5.74) is 0.460. The summed E-state index contributed by atoms with van der Waals surface area (Å²) in [6, 6.07) is 4.17. The molecule has 1 amide bonds. The monoisotopic (exact) mass is 301 g/mol. The van der Waals surface area contributed by atoms with Crippen LogP contribution in [0.1, 0.15) is 37.6 Å². The zero-order valence-corrected chi connectivity index (χ0v) is 11.8. The number of hydrogen-bond acceptors (Lipinski definition) is 1. The van der Waals surface area contributed by atoms with Gasteiger partial charge in [0.1, 0.15) is 5.82 Å². The van der Waals surface area contributed by atoms with Crippen LogP contribution in [-0.2, 0) is 0 Å². The summed E-state index contributed by atoms with van der Waals surface area (Å²) in [7, 11) is 0. The van der Waals surface area contributed by atoms with Gasteiger partial charge in [0.25, 0.3) is 5.91 Å². The molecule has 0 aromatic heterocycles. The molecule has 0 bridgehead atoms. The number of halogens is 2. The minimum absolute atomic E-state index is 0.111. The van der Waals surface area contributed by atoms with Crippen LogP contribution in [-0.4, -0.2) is 11.9 Å². The van der Waals surface area contributed by atoms with E-state index in [0.717, 1.165) is 6.42 Å². The molecule has 0 heterocycles. The van der Waals surface area contributed by atoms with E-state index >= 15 is 0 Å². The van der Waals surface area contributed by atoms with Crippen LogP contribution in [0.3, 0.4) is 0 Å². The van der Waals surface area contributed by atoms with E-state index in [1.54, 1.807) is 0 Å². The van der Waals surface area contributed by atoms with Crippen LogP contribution in [0.2, 0.25) is 0 Å². The Bertz CT molecular complexity index is 406. The van der Waals surface area contributed by atoms with Crippen molar-refractivity contribution in [1.82, 2.24) is 5.32 Å². The lowest BCUT2D eigenvalue weighted by Crippen LogP contribution is -2.33. The van der Waals surface area contributed by atoms with Crippen molar-refractivity contribution in [3.05, 3.63) is 34.1 Å². The van der Waals surface area contributed by atoms with E-state index in [-0.39, 0.29) is 17.8 Å². The van der Waals surface area contributed by atoms with Gasteiger partial charge in [0, 0.05) is 10.5 Å². The van der Waals surface area contributed by atoms with E-state index in [1.165, 1.54) is 18.2 Å². The molecule has 1 rings (SSSR count). The number of amides is 1. The van der Waals surface area contributed by atoms with E-state index < -0.39 is 0 Å². The molecule has 0 aliphatic rings. The smallest absolute Gasteiger partial charge is 0.252 e. The molecule has 0 aliphatic carbocycles. The number of nitrogens with one attached hydrogen (secondary N) is 1. The van der Waals surface area contributed by atoms with Gasteiger partial charge in [-0.1, -0.05) is 13.8 Å². The summed E-state index contributed by atoms with van der Waals surface area (Å²) < 4.78 is 13.4. The predicted octanol–water partition coefficient (Wildman–Crippen LogP) is 3.75. The van der Waals surface area contributed by atoms with E-state index in [9.17, 15) is 9.18 Å². The van der Waals surface area contributed by atoms with Gasteiger partial charge in [0.15, 0.2) is 0 Å². The van der Waals surface area contributed by atoms with E-state index in [4.69, 9.17) is 0 Å². The lowest BCUT2D eigenvalue weighted by Gasteiger charge is -2.16. The quantitative estimate of drug-likeness (QED) is 0.901. The van der Waals surface area contributed by atoms with Crippen molar-refractivity contribution in [3.8, 4) is 0 Å². The van der Waals surface area contributed by atoms with E-state index in [1.807, 2.05) is 6.92 Å². The third-order valence-electron chi connectivity index (χ3n) is 2.38. The van der Waals surface area contributed by atoms with Crippen LogP contribution in [0, 0.1) is 11.7 Å². The van der Waals surface area contributed by atoms with Gasteiger partial charge < -0.3 is 5.32 Å². The molecule has 1 N–H and O–H groups in total. The van der Waals surface area contributed by atoms with Crippen molar-refractivity contribution in [2.24, 2.45) is 5.92 Å². The van der Waals surface area contributed by atoms with Gasteiger partial charge >= 0.3 is 0 Å². The first-order chi connectivity index (χ1) is 7.90. The van der Waals surface area contributed by atoms with Gasteiger partial charge in [-0.2, -0.15) is 0 Å². The molecule has 0 saturated heterocycles. The number of hydrogen-bond donors (Lipinski definition) is 1. The van der Waals surface area contributed by atoms with Gasteiger partial charge in [-0.05, 0) is 53.4 Å². The average Bonchev–Trinajstić information content (AvgIpc) is 2.15. The summed E-state index contributed by atoms with van der Waals surface area (Å²) in [6.45, 7) is 6.18. The van der Waals surface area contributed by atoms with Gasteiger partial charge in [-0.25, -0.2) is 4.39 Å². The second-order valence-electron chi connectivity index (χ2n) is 4.63. The zero-order chi connectivity index (χ0) is 13.0. The Morgan fingerprint density at radius 2 is 2.06 bits per heavy atom. The summed E-state index contributed by atoms with van der Waals surface area (Å²) in [5, 5.41) is 2.90. The fourth-order valence-corrected chi connectivity index (χ4v) is 2.27. The van der Waals surface area contributed by atoms with Crippen molar-refractivity contribution in [1.29, 1.82) is 0 Å². The summed E-state index contributed by atoms with van der Waals surface area (Å²) in [4.78, 5) is 11.9. The number of benzene rings is 1. The molecule has 1 aromatic rings. The van der Waals surface area contributed by atoms with Crippen molar-refractivity contribution >= 4 is 21.8 Å². The van der Waals surface area contributed by atoms with Crippen LogP contribution >= 0.6 is 15.9 Å². The third kappa shape index (κ3) is 4.46. The summed E-state index contributed by atoms with van der Waals surface area (Å²) in [5.74, 6) is -0.00404. The molecule has 17 heavy (non-hydrogen) atoms. The highest BCUT2D eigenvalue weighted by atomic mass is 79.9. The van der Waals surface area contributed by atoms with E-state index in [0.29, 0.717) is 16.0 Å². The molecule has 2 nitrogen and oxygen atoms in total. The average molecular weight is 302 g/mol. The first-order valence-electron chi connectivity index (χ1n) is 5.66. The predicted molar refractivity (Wildman–Crippen MR) is 70.5 cm³/mol. The molecule has 0 saturated carbocycles. The van der Waals surface area contributed by atoms with Gasteiger partial charge in [-0.3, -0.25) is 4.79 Å². The van der Waals surface area contributed by atoms with Crippen molar-refractivity contribution in [3.63, 3.8) is 0 Å². The standard InChI is InChI=1S/C13H17BrFNO/c1-8(2)6-9(3)16-13(17)11-5-4-10(15)7-12(11)14/h4-5,7-9H,6H2,1-3H3,(H,16,17). The summed E-state index contributed by atoms with van der Waals surface area (Å²) in [6.07, 6.45) is 0.921. The van der Waals surface area contributed by atoms with Gasteiger partial charge in [0.05, 0.1) is 5.56 Å². The Labute approximate surface area is 110 Å². The molecule has 0 spiro atoms. The van der Waals surface area contributed by atoms with Gasteiger partial charge in [0.2, 0.25) is 0 Å². The fraction of sp³-hybridized carbons (Fsp3) is 0.462. The Morgan fingerprint density at radius 1 is 1.41 bits per heavy atom. The zero-order valence-electron chi connectivity index (χ0n) is 10.3. The van der Waals surface area contributed by atoms with Crippen LogP contribution in [0.5, 0.6) is 0 Å². The maximum Gasteiger partial charge on any atom is 0.252 e. The molecule has 0 fully saturated rings. The Kier molecular flexibility index (Phi) is 5.12. The molecule has 4 heteroatoms. The highest BCUT2D eigenvalue weighted by Crippen LogP contribution is 2.18. The Morgan fingerprint density at radius 3 is 2.59 bits per heavy atom. The van der Waals surface area contributed by atoms with Crippen molar-refractivity contribution in [2.75, 3.05) is 0 Å². The fourth-order valence-electron chi connectivity index (χ4n) is 1.74. The van der Waals surface area contributed by atoms with Crippen LogP contribution < -0.4 is 5.32 Å². The highest BCUT2D eigenvalue weighted by Gasteiger charge is 2.13. The third-order valence-corrected chi connectivity index (χ3v) is 3.03. The largest absolute Gasteiger partial charge is 0.350 e. The van der Waals surface area contributed by atoms with E-state index in [2.05, 4.69) is 35.1 Å². The molecule has 1 aromatic carbocycles. The van der Waals surface area contributed by atoms with Crippen molar-refractivity contribution < 1.29 is 9.18 Å². The summed E-state index contributed by atoms with van der Waals surface area (Å²) >= 11 is 3.19. The SMILES string of the molecule is CC(C)CC(C)NC(=O)c1ccc(F)cc1Br. The molecular formula is C13H17BrFNO. The van der Waals surface area contributed by atoms with Crippen LogP contribution in [0.15, 0.2) is 22.7 Å². The minimum atomic E-state index is -0.358. The second-order valence-corrected chi connectivity index (χ2v) is 5.48. The number of carbonyl (C=O) groups excluding carboxylic acids is 1. The maximum absolute atomic E-state index is 12.9. The van der Waals surface area contributed by atoms with Crippen LogP contribution in [0.4, 0.5) is 4.39 Å². The molecule has 1 atom stereocenters. The number of rotatable bonds is 4. The molecule has 1 unspecified atom stereocenters. The Balaban J connectivity index is 2.70.